The van der Waals surface area contributed by atoms with Crippen LogP contribution in [0.25, 0.3) is 0 Å². The number of urea groups is 1. The number of hydrogen-bond donors (Lipinski definition) is 3. The summed E-state index contributed by atoms with van der Waals surface area (Å²) in [5.74, 6) is -0.608. The van der Waals surface area contributed by atoms with Gasteiger partial charge in [-0.3, -0.25) is 4.79 Å². The molecule has 0 unspecified atom stereocenters. The van der Waals surface area contributed by atoms with Gasteiger partial charge in [-0.05, 0) is 0 Å². The molecule has 0 atom stereocenters. The zero-order valence-electron chi connectivity index (χ0n) is 4.18. The molecule has 0 aliphatic heterocycles. The van der Waals surface area contributed by atoms with Gasteiger partial charge in [-0.1, -0.05) is 0 Å². The largest absolute Gasteiger partial charge is 0.368 e. The molecule has 0 saturated carbocycles. The Balaban J connectivity index is 3.18. The molecular weight excluding hydrogens is 110 g/mol. The van der Waals surface area contributed by atoms with Crippen LogP contribution in [0.1, 0.15) is 0 Å². The van der Waals surface area contributed by atoms with Crippen molar-refractivity contribution in [2.45, 2.75) is 0 Å². The Morgan fingerprint density at radius 2 is 1.88 bits per heavy atom. The van der Waals surface area contributed by atoms with Crippen molar-refractivity contribution in [3.63, 3.8) is 0 Å². The Hall–Kier alpha value is -1.26. The lowest BCUT2D eigenvalue weighted by Crippen LogP contribution is -2.36. The summed E-state index contributed by atoms with van der Waals surface area (Å²) in [5.41, 5.74) is 9.21. The maximum atomic E-state index is 9.86. The molecule has 0 spiro atoms. The minimum atomic E-state index is -0.746. The van der Waals surface area contributed by atoms with Crippen molar-refractivity contribution in [1.82, 2.24) is 5.32 Å². The Labute approximate surface area is 46.0 Å². The minimum Gasteiger partial charge on any atom is -0.368 e. The highest BCUT2D eigenvalue weighted by Crippen LogP contribution is 1.54. The van der Waals surface area contributed by atoms with Crippen molar-refractivity contribution in [3.05, 3.63) is 0 Å². The van der Waals surface area contributed by atoms with Crippen LogP contribution in [-0.4, -0.2) is 18.5 Å². The summed E-state index contributed by atoms with van der Waals surface area (Å²) in [6.45, 7) is -0.199. The normalized spacial score (nSPS) is 8.00. The zero-order chi connectivity index (χ0) is 6.57. The summed E-state index contributed by atoms with van der Waals surface area (Å²) in [4.78, 5) is 19.7. The van der Waals surface area contributed by atoms with Crippen molar-refractivity contribution >= 4 is 11.9 Å². The first-order valence-electron chi connectivity index (χ1n) is 1.94. The number of nitrogens with one attached hydrogen (secondary N) is 1. The number of rotatable bonds is 2. The van der Waals surface area contributed by atoms with Crippen LogP contribution in [-0.2, 0) is 4.79 Å². The Morgan fingerprint density at radius 3 is 2.00 bits per heavy atom. The molecule has 0 saturated heterocycles. The molecule has 0 aromatic carbocycles. The second-order valence-corrected chi connectivity index (χ2v) is 1.18. The molecule has 0 rings (SSSR count). The van der Waals surface area contributed by atoms with Crippen molar-refractivity contribution in [1.29, 1.82) is 0 Å². The molecule has 8 heavy (non-hydrogen) atoms. The first-order chi connectivity index (χ1) is 3.63. The van der Waals surface area contributed by atoms with Crippen LogP contribution < -0.4 is 16.8 Å². The summed E-state index contributed by atoms with van der Waals surface area (Å²) < 4.78 is 0. The predicted octanol–water partition coefficient (Wildman–Crippen LogP) is -1.86. The highest BCUT2D eigenvalue weighted by atomic mass is 16.2. The standard InChI is InChI=1S/C3H7N3O2/c4-2(7)1-6-3(5)8/h1H2,(H2,4,7)(H3,5,6,8). The van der Waals surface area contributed by atoms with E-state index in [4.69, 9.17) is 0 Å². The van der Waals surface area contributed by atoms with Gasteiger partial charge in [0.1, 0.15) is 0 Å². The van der Waals surface area contributed by atoms with Gasteiger partial charge >= 0.3 is 6.03 Å². The average molecular weight is 117 g/mol. The van der Waals surface area contributed by atoms with Gasteiger partial charge in [0, 0.05) is 0 Å². The third kappa shape index (κ3) is 4.74. The summed E-state index contributed by atoms with van der Waals surface area (Å²) in [6.07, 6.45) is 0. The molecule has 0 aromatic heterocycles. The van der Waals surface area contributed by atoms with Crippen LogP contribution in [0, 0.1) is 0 Å². The van der Waals surface area contributed by atoms with Crippen LogP contribution in [0.5, 0.6) is 0 Å². The number of carbonyl (C=O) groups is 2. The zero-order valence-corrected chi connectivity index (χ0v) is 4.18. The second-order valence-electron chi connectivity index (χ2n) is 1.18. The molecular formula is C3H7N3O2. The van der Waals surface area contributed by atoms with Crippen LogP contribution in [0.2, 0.25) is 0 Å². The molecule has 3 amide bonds. The van der Waals surface area contributed by atoms with Gasteiger partial charge < -0.3 is 16.8 Å². The lowest BCUT2D eigenvalue weighted by molar-refractivity contribution is -0.117. The Bertz CT molecular complexity index is 97.1. The van der Waals surface area contributed by atoms with Gasteiger partial charge in [0.15, 0.2) is 0 Å². The summed E-state index contributed by atoms with van der Waals surface area (Å²) in [6, 6.07) is -0.746. The van der Waals surface area contributed by atoms with E-state index in [0.717, 1.165) is 0 Å². The molecule has 0 bridgehead atoms. The van der Waals surface area contributed by atoms with Gasteiger partial charge in [-0.2, -0.15) is 0 Å². The highest BCUT2D eigenvalue weighted by Gasteiger charge is 1.93. The van der Waals surface area contributed by atoms with Crippen molar-refractivity contribution in [2.24, 2.45) is 11.5 Å². The van der Waals surface area contributed by atoms with E-state index in [2.05, 4.69) is 11.5 Å². The number of nitrogens with two attached hydrogens (primary N) is 2. The molecule has 0 aliphatic carbocycles. The fourth-order valence-corrected chi connectivity index (χ4v) is 0.174. The maximum absolute atomic E-state index is 9.86. The maximum Gasteiger partial charge on any atom is 0.312 e. The van der Waals surface area contributed by atoms with E-state index >= 15 is 0 Å². The van der Waals surface area contributed by atoms with Gasteiger partial charge in [-0.15, -0.1) is 0 Å². The van der Waals surface area contributed by atoms with E-state index in [0.29, 0.717) is 0 Å². The quantitative estimate of drug-likeness (QED) is 0.395. The van der Waals surface area contributed by atoms with Crippen molar-refractivity contribution < 1.29 is 9.59 Å². The monoisotopic (exact) mass is 117 g/mol. The topological polar surface area (TPSA) is 98.2 Å². The molecule has 46 valence electrons. The lowest BCUT2D eigenvalue weighted by Gasteiger charge is -1.93. The van der Waals surface area contributed by atoms with Crippen molar-refractivity contribution in [3.8, 4) is 0 Å². The van der Waals surface area contributed by atoms with Crippen molar-refractivity contribution in [2.75, 3.05) is 6.54 Å². The molecule has 0 heterocycles. The summed E-state index contributed by atoms with van der Waals surface area (Å²) in [5, 5.41) is 2.01. The highest BCUT2D eigenvalue weighted by molar-refractivity contribution is 5.81. The van der Waals surface area contributed by atoms with Crippen LogP contribution in [0.4, 0.5) is 4.79 Å². The number of amides is 3. The van der Waals surface area contributed by atoms with E-state index in [1.807, 2.05) is 5.32 Å². The molecule has 0 radical (unpaired) electrons. The van der Waals surface area contributed by atoms with Crippen LogP contribution in [0.15, 0.2) is 0 Å². The minimum absolute atomic E-state index is 0.199. The van der Waals surface area contributed by atoms with E-state index in [1.54, 1.807) is 0 Å². The smallest absolute Gasteiger partial charge is 0.312 e. The van der Waals surface area contributed by atoms with E-state index in [9.17, 15) is 9.59 Å². The van der Waals surface area contributed by atoms with E-state index in [-0.39, 0.29) is 6.54 Å². The molecule has 0 aliphatic rings. The SMILES string of the molecule is NC(=O)CNC(N)=O. The molecule has 5 N–H and O–H groups in total. The Morgan fingerprint density at radius 1 is 1.38 bits per heavy atom. The Kier molecular flexibility index (Phi) is 2.39. The first-order valence-corrected chi connectivity index (χ1v) is 1.94. The van der Waals surface area contributed by atoms with E-state index in [1.165, 1.54) is 0 Å². The first kappa shape index (κ1) is 6.74. The summed E-state index contributed by atoms with van der Waals surface area (Å²) >= 11 is 0. The van der Waals surface area contributed by atoms with Gasteiger partial charge in [0.25, 0.3) is 0 Å². The molecule has 5 heteroatoms. The number of carbonyl (C=O) groups excluding carboxylic acids is 2. The fraction of sp³-hybridized carbons (Fsp3) is 0.333. The third-order valence-electron chi connectivity index (χ3n) is 0.437. The molecule has 5 nitrogen and oxygen atoms in total. The second kappa shape index (κ2) is 2.84. The number of primary amides is 2. The van der Waals surface area contributed by atoms with Gasteiger partial charge in [0.05, 0.1) is 6.54 Å². The van der Waals surface area contributed by atoms with Gasteiger partial charge in [0.2, 0.25) is 5.91 Å². The van der Waals surface area contributed by atoms with Gasteiger partial charge in [-0.25, -0.2) is 4.79 Å². The predicted molar refractivity (Wildman–Crippen MR) is 26.8 cm³/mol. The van der Waals surface area contributed by atoms with Crippen LogP contribution in [0.3, 0.4) is 0 Å². The summed E-state index contributed by atoms with van der Waals surface area (Å²) in [7, 11) is 0. The van der Waals surface area contributed by atoms with E-state index < -0.39 is 11.9 Å². The molecule has 0 aromatic rings. The fourth-order valence-electron chi connectivity index (χ4n) is 0.174. The number of hydrogen-bond acceptors (Lipinski definition) is 2. The average Bonchev–Trinajstić information content (AvgIpc) is 1.61. The lowest BCUT2D eigenvalue weighted by atomic mass is 10.6. The molecule has 0 fully saturated rings. The van der Waals surface area contributed by atoms with Crippen LogP contribution >= 0.6 is 0 Å². The third-order valence-corrected chi connectivity index (χ3v) is 0.437.